The number of benzene rings is 1. The summed E-state index contributed by atoms with van der Waals surface area (Å²) in [6, 6.07) is 7.26. The predicted octanol–water partition coefficient (Wildman–Crippen LogP) is 1.66. The van der Waals surface area contributed by atoms with E-state index < -0.39 is 0 Å². The van der Waals surface area contributed by atoms with Crippen molar-refractivity contribution in [1.82, 2.24) is 0 Å². The molecule has 0 aromatic heterocycles. The van der Waals surface area contributed by atoms with Gasteiger partial charge in [0.1, 0.15) is 11.9 Å². The molecule has 0 aliphatic heterocycles. The molecule has 0 aliphatic rings. The van der Waals surface area contributed by atoms with Crippen molar-refractivity contribution in [3.05, 3.63) is 29.8 Å². The van der Waals surface area contributed by atoms with E-state index in [0.29, 0.717) is 6.42 Å². The summed E-state index contributed by atoms with van der Waals surface area (Å²) in [7, 11) is 0. The molecule has 16 heavy (non-hydrogen) atoms. The van der Waals surface area contributed by atoms with Crippen molar-refractivity contribution in [2.24, 2.45) is 5.73 Å². The summed E-state index contributed by atoms with van der Waals surface area (Å²) in [5, 5.41) is 16.1. The zero-order chi connectivity index (χ0) is 12.0. The first-order chi connectivity index (χ1) is 7.65. The molecule has 1 rings (SSSR count). The molecule has 1 aromatic carbocycles. The Balaban J connectivity index is 2.59. The molecule has 0 spiro atoms. The third kappa shape index (κ3) is 3.90. The average molecular weight is 222 g/mol. The van der Waals surface area contributed by atoms with Crippen LogP contribution in [0, 0.1) is 5.41 Å². The molecule has 4 heteroatoms. The lowest BCUT2D eigenvalue weighted by Crippen LogP contribution is -2.23. The van der Waals surface area contributed by atoms with Crippen LogP contribution in [0.15, 0.2) is 24.3 Å². The van der Waals surface area contributed by atoms with E-state index in [1.807, 2.05) is 31.2 Å². The van der Waals surface area contributed by atoms with Gasteiger partial charge in [0, 0.05) is 6.42 Å². The highest BCUT2D eigenvalue weighted by Gasteiger charge is 2.09. The van der Waals surface area contributed by atoms with E-state index in [-0.39, 0.29) is 18.5 Å². The van der Waals surface area contributed by atoms with Gasteiger partial charge in [-0.3, -0.25) is 5.41 Å². The summed E-state index contributed by atoms with van der Waals surface area (Å²) in [4.78, 5) is 0. The fraction of sp³-hybridized carbons (Fsp3) is 0.417. The number of nitrogens with two attached hydrogens (primary N) is 1. The Hall–Kier alpha value is -1.55. The Morgan fingerprint density at radius 2 is 2.06 bits per heavy atom. The van der Waals surface area contributed by atoms with Gasteiger partial charge >= 0.3 is 0 Å². The Morgan fingerprint density at radius 3 is 2.50 bits per heavy atom. The van der Waals surface area contributed by atoms with Gasteiger partial charge in [0.05, 0.1) is 12.4 Å². The van der Waals surface area contributed by atoms with E-state index >= 15 is 0 Å². The van der Waals surface area contributed by atoms with Crippen molar-refractivity contribution < 1.29 is 9.84 Å². The van der Waals surface area contributed by atoms with Crippen LogP contribution in [-0.2, 0) is 6.61 Å². The molecular weight excluding hydrogens is 204 g/mol. The van der Waals surface area contributed by atoms with E-state index in [1.165, 1.54) is 0 Å². The van der Waals surface area contributed by atoms with Gasteiger partial charge in [0.2, 0.25) is 0 Å². The van der Waals surface area contributed by atoms with Crippen LogP contribution >= 0.6 is 0 Å². The largest absolute Gasteiger partial charge is 0.490 e. The molecule has 1 aromatic rings. The number of rotatable bonds is 6. The van der Waals surface area contributed by atoms with Gasteiger partial charge < -0.3 is 15.6 Å². The van der Waals surface area contributed by atoms with Gasteiger partial charge in [-0.05, 0) is 24.1 Å². The zero-order valence-electron chi connectivity index (χ0n) is 9.44. The molecule has 0 fully saturated rings. The molecule has 1 atom stereocenters. The molecule has 0 saturated heterocycles. The van der Waals surface area contributed by atoms with Crippen molar-refractivity contribution in [3.8, 4) is 5.75 Å². The summed E-state index contributed by atoms with van der Waals surface area (Å²) < 4.78 is 5.67. The summed E-state index contributed by atoms with van der Waals surface area (Å²) in [5.41, 5.74) is 6.19. The maximum atomic E-state index is 8.89. The molecule has 4 nitrogen and oxygen atoms in total. The number of ether oxygens (including phenoxy) is 1. The summed E-state index contributed by atoms with van der Waals surface area (Å²) in [6.45, 7) is 2.03. The van der Waals surface area contributed by atoms with Crippen LogP contribution in [0.2, 0.25) is 0 Å². The van der Waals surface area contributed by atoms with E-state index in [9.17, 15) is 0 Å². The molecule has 0 saturated carbocycles. The summed E-state index contributed by atoms with van der Waals surface area (Å²) in [5.74, 6) is 0.879. The van der Waals surface area contributed by atoms with Crippen LogP contribution in [-0.4, -0.2) is 17.0 Å². The van der Waals surface area contributed by atoms with Gasteiger partial charge in [0.25, 0.3) is 0 Å². The van der Waals surface area contributed by atoms with Crippen LogP contribution in [0.25, 0.3) is 0 Å². The second-order valence-corrected chi connectivity index (χ2v) is 3.68. The third-order valence-electron chi connectivity index (χ3n) is 2.31. The van der Waals surface area contributed by atoms with Gasteiger partial charge in [-0.1, -0.05) is 19.1 Å². The predicted molar refractivity (Wildman–Crippen MR) is 63.6 cm³/mol. The van der Waals surface area contributed by atoms with Gasteiger partial charge in [-0.2, -0.15) is 0 Å². The number of hydrogen-bond acceptors (Lipinski definition) is 3. The smallest absolute Gasteiger partial charge is 0.119 e. The molecule has 0 aliphatic carbocycles. The van der Waals surface area contributed by atoms with Gasteiger partial charge in [-0.15, -0.1) is 0 Å². The lowest BCUT2D eigenvalue weighted by molar-refractivity contribution is 0.204. The maximum absolute atomic E-state index is 8.89. The minimum atomic E-state index is -0.0579. The highest BCUT2D eigenvalue weighted by Crippen LogP contribution is 2.16. The van der Waals surface area contributed by atoms with Crippen LogP contribution in [0.4, 0.5) is 0 Å². The highest BCUT2D eigenvalue weighted by molar-refractivity contribution is 5.77. The molecular formula is C12H18N2O2. The van der Waals surface area contributed by atoms with Crippen LogP contribution in [0.3, 0.4) is 0 Å². The lowest BCUT2D eigenvalue weighted by Gasteiger charge is -2.16. The maximum Gasteiger partial charge on any atom is 0.119 e. The second-order valence-electron chi connectivity index (χ2n) is 3.68. The van der Waals surface area contributed by atoms with E-state index in [2.05, 4.69) is 0 Å². The standard InChI is InChI=1S/C12H18N2O2/c1-2-10(7-12(13)14)16-11-5-3-9(8-15)4-6-11/h3-6,10,15H,2,7-8H2,1H3,(H3,13,14). The fourth-order valence-electron chi connectivity index (χ4n) is 1.38. The van der Waals surface area contributed by atoms with Crippen molar-refractivity contribution in [3.63, 3.8) is 0 Å². The molecule has 4 N–H and O–H groups in total. The minimum absolute atomic E-state index is 0.0327. The molecule has 1 unspecified atom stereocenters. The third-order valence-corrected chi connectivity index (χ3v) is 2.31. The number of hydrogen-bond donors (Lipinski definition) is 3. The number of aliphatic hydroxyl groups is 1. The molecule has 0 radical (unpaired) electrons. The fourth-order valence-corrected chi connectivity index (χ4v) is 1.38. The summed E-state index contributed by atoms with van der Waals surface area (Å²) >= 11 is 0. The van der Waals surface area contributed by atoms with Crippen LogP contribution in [0.5, 0.6) is 5.75 Å². The Labute approximate surface area is 95.6 Å². The molecule has 0 amide bonds. The van der Waals surface area contributed by atoms with Gasteiger partial charge in [0.15, 0.2) is 0 Å². The Bertz CT molecular complexity index is 335. The highest BCUT2D eigenvalue weighted by atomic mass is 16.5. The first kappa shape index (κ1) is 12.5. The summed E-state index contributed by atoms with van der Waals surface area (Å²) in [6.07, 6.45) is 1.19. The number of aliphatic hydroxyl groups excluding tert-OH is 1. The number of amidine groups is 1. The van der Waals surface area contributed by atoms with Crippen molar-refractivity contribution in [2.75, 3.05) is 0 Å². The number of nitrogens with one attached hydrogen (secondary N) is 1. The van der Waals surface area contributed by atoms with Crippen molar-refractivity contribution in [2.45, 2.75) is 32.5 Å². The van der Waals surface area contributed by atoms with Crippen molar-refractivity contribution >= 4 is 5.84 Å². The van der Waals surface area contributed by atoms with Crippen LogP contribution in [0.1, 0.15) is 25.3 Å². The molecule has 0 heterocycles. The lowest BCUT2D eigenvalue weighted by atomic mass is 10.2. The molecule has 0 bridgehead atoms. The topological polar surface area (TPSA) is 79.3 Å². The molecule has 88 valence electrons. The monoisotopic (exact) mass is 222 g/mol. The average Bonchev–Trinajstić information content (AvgIpc) is 2.28. The second kappa shape index (κ2) is 6.12. The zero-order valence-corrected chi connectivity index (χ0v) is 9.44. The first-order valence-electron chi connectivity index (χ1n) is 5.35. The SMILES string of the molecule is CCC(CC(=N)N)Oc1ccc(CO)cc1. The minimum Gasteiger partial charge on any atom is -0.490 e. The first-order valence-corrected chi connectivity index (χ1v) is 5.35. The van der Waals surface area contributed by atoms with Crippen molar-refractivity contribution in [1.29, 1.82) is 5.41 Å². The van der Waals surface area contributed by atoms with E-state index in [1.54, 1.807) is 0 Å². The van der Waals surface area contributed by atoms with E-state index in [4.69, 9.17) is 21.0 Å². The van der Waals surface area contributed by atoms with E-state index in [0.717, 1.165) is 17.7 Å². The van der Waals surface area contributed by atoms with Gasteiger partial charge in [-0.25, -0.2) is 0 Å². The quantitative estimate of drug-likeness (QED) is 0.506. The Kier molecular flexibility index (Phi) is 4.79. The normalized spacial score (nSPS) is 12.1. The van der Waals surface area contributed by atoms with Crippen LogP contribution < -0.4 is 10.5 Å². The Morgan fingerprint density at radius 1 is 1.44 bits per heavy atom.